The van der Waals surface area contributed by atoms with Crippen LogP contribution in [0.25, 0.3) is 5.65 Å². The number of aryl methyl sites for hydroxylation is 1. The van der Waals surface area contributed by atoms with Crippen molar-refractivity contribution in [2.45, 2.75) is 6.92 Å². The minimum absolute atomic E-state index is 0.192. The van der Waals surface area contributed by atoms with Crippen molar-refractivity contribution in [1.29, 1.82) is 0 Å². The van der Waals surface area contributed by atoms with E-state index in [0.717, 1.165) is 5.69 Å². The van der Waals surface area contributed by atoms with Gasteiger partial charge in [-0.3, -0.25) is 4.79 Å². The van der Waals surface area contributed by atoms with Crippen LogP contribution in [0.15, 0.2) is 36.7 Å². The molecule has 2 heterocycles. The zero-order chi connectivity index (χ0) is 17.3. The molecule has 0 saturated carbocycles. The van der Waals surface area contributed by atoms with Crippen LogP contribution in [-0.2, 0) is 4.79 Å². The van der Waals surface area contributed by atoms with E-state index in [1.807, 2.05) is 29.8 Å². The highest BCUT2D eigenvalue weighted by Gasteiger charge is 2.11. The van der Waals surface area contributed by atoms with Crippen LogP contribution in [0.1, 0.15) is 5.69 Å². The summed E-state index contributed by atoms with van der Waals surface area (Å²) in [6.45, 7) is 1.69. The van der Waals surface area contributed by atoms with Gasteiger partial charge >= 0.3 is 0 Å². The highest BCUT2D eigenvalue weighted by Crippen LogP contribution is 2.32. The molecule has 0 saturated heterocycles. The molecule has 1 aromatic carbocycles. The molecule has 0 aliphatic heterocycles. The fraction of sp³-hybridized carbons (Fsp3) is 0.125. The normalized spacial score (nSPS) is 10.8. The summed E-state index contributed by atoms with van der Waals surface area (Å²) in [5.74, 6) is 0.140. The predicted molar refractivity (Wildman–Crippen MR) is 95.5 cm³/mol. The highest BCUT2D eigenvalue weighted by molar-refractivity contribution is 6.44. The maximum Gasteiger partial charge on any atom is 0.262 e. The van der Waals surface area contributed by atoms with Gasteiger partial charge in [-0.1, -0.05) is 34.8 Å². The van der Waals surface area contributed by atoms with Crippen molar-refractivity contribution < 1.29 is 9.53 Å². The molecule has 0 aliphatic rings. The number of hydrogen-bond donors (Lipinski definition) is 1. The highest BCUT2D eigenvalue weighted by atomic mass is 35.5. The number of amides is 1. The van der Waals surface area contributed by atoms with E-state index < -0.39 is 0 Å². The first-order valence-corrected chi connectivity index (χ1v) is 8.09. The lowest BCUT2D eigenvalue weighted by molar-refractivity contribution is -0.118. The largest absolute Gasteiger partial charge is 0.480 e. The Hall–Kier alpha value is -1.95. The van der Waals surface area contributed by atoms with Crippen molar-refractivity contribution in [3.8, 4) is 5.75 Å². The van der Waals surface area contributed by atoms with Crippen LogP contribution in [0.2, 0.25) is 15.1 Å². The first kappa shape index (κ1) is 16.9. The molecule has 124 valence electrons. The minimum Gasteiger partial charge on any atom is -0.480 e. The van der Waals surface area contributed by atoms with Gasteiger partial charge in [-0.05, 0) is 31.2 Å². The van der Waals surface area contributed by atoms with Gasteiger partial charge in [-0.2, -0.15) is 0 Å². The Labute approximate surface area is 153 Å². The predicted octanol–water partition coefficient (Wildman–Crippen LogP) is 4.62. The van der Waals surface area contributed by atoms with Crippen LogP contribution < -0.4 is 10.1 Å². The number of imidazole rings is 1. The van der Waals surface area contributed by atoms with Crippen LogP contribution in [0, 0.1) is 6.92 Å². The topological polar surface area (TPSA) is 55.6 Å². The number of hydrogen-bond acceptors (Lipinski definition) is 3. The van der Waals surface area contributed by atoms with Gasteiger partial charge in [0.05, 0.1) is 26.4 Å². The van der Waals surface area contributed by atoms with Crippen LogP contribution in [0.5, 0.6) is 5.75 Å². The molecule has 0 fully saturated rings. The second-order valence-electron chi connectivity index (χ2n) is 5.07. The summed E-state index contributed by atoms with van der Waals surface area (Å²) >= 11 is 17.8. The van der Waals surface area contributed by atoms with Gasteiger partial charge in [-0.15, -0.1) is 0 Å². The Morgan fingerprint density at radius 1 is 1.25 bits per heavy atom. The van der Waals surface area contributed by atoms with Gasteiger partial charge in [0.1, 0.15) is 0 Å². The van der Waals surface area contributed by atoms with Gasteiger partial charge in [0.2, 0.25) is 0 Å². The number of nitrogens with one attached hydrogen (secondary N) is 1. The van der Waals surface area contributed by atoms with Crippen molar-refractivity contribution in [1.82, 2.24) is 9.38 Å². The van der Waals surface area contributed by atoms with Gasteiger partial charge in [0, 0.05) is 12.4 Å². The zero-order valence-electron chi connectivity index (χ0n) is 12.5. The molecule has 0 unspecified atom stereocenters. The molecule has 8 heteroatoms. The molecule has 2 aromatic heterocycles. The summed E-state index contributed by atoms with van der Waals surface area (Å²) in [5.41, 5.74) is 1.88. The molecule has 0 radical (unpaired) electrons. The summed E-state index contributed by atoms with van der Waals surface area (Å²) < 4.78 is 7.39. The second-order valence-corrected chi connectivity index (χ2v) is 6.29. The average molecular weight is 385 g/mol. The monoisotopic (exact) mass is 383 g/mol. The van der Waals surface area contributed by atoms with Crippen molar-refractivity contribution in [3.63, 3.8) is 0 Å². The Balaban J connectivity index is 1.70. The summed E-state index contributed by atoms with van der Waals surface area (Å²) in [5, 5.41) is 3.55. The number of pyridine rings is 1. The number of aromatic nitrogens is 2. The molecule has 3 rings (SSSR count). The summed E-state index contributed by atoms with van der Waals surface area (Å²) in [4.78, 5) is 16.4. The van der Waals surface area contributed by atoms with E-state index in [1.54, 1.807) is 6.07 Å². The number of nitrogens with zero attached hydrogens (tertiary/aromatic N) is 2. The SMILES string of the molecule is Cc1cn2cccc(OCC(=O)Nc3cc(Cl)c(Cl)cc3Cl)c2n1. The third-order valence-corrected chi connectivity index (χ3v) is 4.25. The van der Waals surface area contributed by atoms with E-state index in [4.69, 9.17) is 39.5 Å². The fourth-order valence-corrected chi connectivity index (χ4v) is 2.76. The van der Waals surface area contributed by atoms with Gasteiger partial charge < -0.3 is 14.5 Å². The summed E-state index contributed by atoms with van der Waals surface area (Å²) in [6.07, 6.45) is 3.73. The first-order chi connectivity index (χ1) is 11.4. The van der Waals surface area contributed by atoms with Crippen LogP contribution in [0.4, 0.5) is 5.69 Å². The molecule has 0 atom stereocenters. The Morgan fingerprint density at radius 3 is 2.79 bits per heavy atom. The van der Waals surface area contributed by atoms with E-state index in [1.165, 1.54) is 12.1 Å². The molecule has 0 bridgehead atoms. The Kier molecular flexibility index (Phi) is 4.85. The van der Waals surface area contributed by atoms with E-state index in [9.17, 15) is 4.79 Å². The minimum atomic E-state index is -0.374. The lowest BCUT2D eigenvalue weighted by Gasteiger charge is -2.10. The number of ether oxygens (including phenoxy) is 1. The van der Waals surface area contributed by atoms with Gasteiger partial charge in [0.25, 0.3) is 5.91 Å². The van der Waals surface area contributed by atoms with Crippen molar-refractivity contribution >= 4 is 52.0 Å². The average Bonchev–Trinajstić information content (AvgIpc) is 2.91. The van der Waals surface area contributed by atoms with E-state index in [2.05, 4.69) is 10.3 Å². The quantitative estimate of drug-likeness (QED) is 0.668. The number of benzene rings is 1. The molecule has 5 nitrogen and oxygen atoms in total. The number of carbonyl (C=O) groups excluding carboxylic acids is 1. The molecule has 1 amide bonds. The number of halogens is 3. The fourth-order valence-electron chi connectivity index (χ4n) is 2.17. The number of carbonyl (C=O) groups is 1. The molecule has 0 spiro atoms. The molecular formula is C16H12Cl3N3O2. The molecule has 0 aliphatic carbocycles. The lowest BCUT2D eigenvalue weighted by Crippen LogP contribution is -2.20. The molecule has 24 heavy (non-hydrogen) atoms. The molecular weight excluding hydrogens is 373 g/mol. The van der Waals surface area contributed by atoms with Crippen LogP contribution in [0.3, 0.4) is 0 Å². The Bertz CT molecular complexity index is 924. The number of rotatable bonds is 4. The maximum atomic E-state index is 12.1. The second kappa shape index (κ2) is 6.89. The molecule has 1 N–H and O–H groups in total. The Morgan fingerprint density at radius 2 is 2.00 bits per heavy atom. The van der Waals surface area contributed by atoms with Gasteiger partial charge in [-0.25, -0.2) is 4.98 Å². The van der Waals surface area contributed by atoms with Crippen molar-refractivity contribution in [2.75, 3.05) is 11.9 Å². The first-order valence-electron chi connectivity index (χ1n) is 6.95. The summed E-state index contributed by atoms with van der Waals surface area (Å²) in [7, 11) is 0. The van der Waals surface area contributed by atoms with Crippen molar-refractivity contribution in [2.24, 2.45) is 0 Å². The smallest absolute Gasteiger partial charge is 0.262 e. The summed E-state index contributed by atoms with van der Waals surface area (Å²) in [6, 6.07) is 6.52. The van der Waals surface area contributed by atoms with E-state index >= 15 is 0 Å². The van der Waals surface area contributed by atoms with Gasteiger partial charge in [0.15, 0.2) is 18.0 Å². The van der Waals surface area contributed by atoms with Crippen LogP contribution >= 0.6 is 34.8 Å². The number of fused-ring (bicyclic) bond motifs is 1. The van der Waals surface area contributed by atoms with Crippen molar-refractivity contribution in [3.05, 3.63) is 57.4 Å². The number of anilines is 1. The third kappa shape index (κ3) is 3.59. The molecule has 3 aromatic rings. The van der Waals surface area contributed by atoms with E-state index in [-0.39, 0.29) is 12.5 Å². The zero-order valence-corrected chi connectivity index (χ0v) is 14.8. The lowest BCUT2D eigenvalue weighted by atomic mass is 10.3. The van der Waals surface area contributed by atoms with E-state index in [0.29, 0.717) is 32.2 Å². The maximum absolute atomic E-state index is 12.1. The standard InChI is InChI=1S/C16H12Cl3N3O2/c1-9-7-22-4-2-3-14(16(22)20-9)24-8-15(23)21-13-6-11(18)10(17)5-12(13)19/h2-7H,8H2,1H3,(H,21,23). The third-order valence-electron chi connectivity index (χ3n) is 3.21. The van der Waals surface area contributed by atoms with Crippen LogP contribution in [-0.4, -0.2) is 21.9 Å².